The Bertz CT molecular complexity index is 424. The largest absolute Gasteiger partial charge is 0.389 e. The summed E-state index contributed by atoms with van der Waals surface area (Å²) >= 11 is 6.25. The first kappa shape index (κ1) is 13.8. The summed E-state index contributed by atoms with van der Waals surface area (Å²) in [4.78, 5) is 0. The zero-order valence-corrected chi connectivity index (χ0v) is 12.1. The van der Waals surface area contributed by atoms with Crippen LogP contribution in [-0.2, 0) is 13.6 Å². The van der Waals surface area contributed by atoms with E-state index in [4.69, 9.17) is 11.6 Å². The number of nitrogens with one attached hydrogen (secondary N) is 1. The first-order chi connectivity index (χ1) is 8.43. The van der Waals surface area contributed by atoms with Crippen molar-refractivity contribution in [2.24, 2.45) is 7.05 Å². The Morgan fingerprint density at radius 3 is 2.67 bits per heavy atom. The van der Waals surface area contributed by atoms with Gasteiger partial charge in [-0.05, 0) is 25.2 Å². The molecule has 0 unspecified atom stereocenters. The van der Waals surface area contributed by atoms with Crippen molar-refractivity contribution in [3.05, 3.63) is 16.4 Å². The number of hydrogen-bond donors (Lipinski definition) is 2. The Morgan fingerprint density at radius 2 is 2.17 bits per heavy atom. The molecule has 1 aliphatic carbocycles. The fourth-order valence-electron chi connectivity index (χ4n) is 2.38. The Hall–Kier alpha value is -0.580. The van der Waals surface area contributed by atoms with Gasteiger partial charge in [-0.2, -0.15) is 5.10 Å². The molecule has 0 radical (unpaired) electrons. The van der Waals surface area contributed by atoms with Crippen LogP contribution in [0.5, 0.6) is 0 Å². The smallest absolute Gasteiger partial charge is 0.131 e. The zero-order valence-electron chi connectivity index (χ0n) is 11.3. The summed E-state index contributed by atoms with van der Waals surface area (Å²) < 4.78 is 1.71. The van der Waals surface area contributed by atoms with Crippen LogP contribution in [0.25, 0.3) is 0 Å². The number of hydrogen-bond acceptors (Lipinski definition) is 3. The number of aryl methyl sites for hydroxylation is 1. The third kappa shape index (κ3) is 2.71. The third-order valence-electron chi connectivity index (χ3n) is 3.69. The van der Waals surface area contributed by atoms with Crippen molar-refractivity contribution in [3.8, 4) is 0 Å². The summed E-state index contributed by atoms with van der Waals surface area (Å²) in [6, 6.07) is 0. The van der Waals surface area contributed by atoms with Crippen molar-refractivity contribution >= 4 is 11.6 Å². The highest BCUT2D eigenvalue weighted by Gasteiger charge is 2.33. The molecule has 1 fully saturated rings. The van der Waals surface area contributed by atoms with Crippen molar-refractivity contribution in [2.45, 2.75) is 51.2 Å². The molecule has 1 heterocycles. The normalized spacial score (nSPS) is 18.1. The van der Waals surface area contributed by atoms with Gasteiger partial charge in [-0.25, -0.2) is 0 Å². The maximum absolute atomic E-state index is 10.0. The van der Waals surface area contributed by atoms with Gasteiger partial charge in [-0.15, -0.1) is 0 Å². The molecule has 0 spiro atoms. The number of halogens is 1. The van der Waals surface area contributed by atoms with Crippen LogP contribution in [0.1, 0.15) is 50.3 Å². The average Bonchev–Trinajstić information content (AvgIpc) is 2.55. The Balaban J connectivity index is 1.99. The summed E-state index contributed by atoms with van der Waals surface area (Å²) in [6.07, 6.45) is 2.93. The minimum atomic E-state index is -0.493. The quantitative estimate of drug-likeness (QED) is 0.863. The van der Waals surface area contributed by atoms with Crippen LogP contribution in [0.4, 0.5) is 0 Å². The zero-order chi connectivity index (χ0) is 13.3. The number of aromatic nitrogens is 2. The molecule has 18 heavy (non-hydrogen) atoms. The molecular weight excluding hydrogens is 250 g/mol. The van der Waals surface area contributed by atoms with Gasteiger partial charge in [0.2, 0.25) is 0 Å². The number of aliphatic hydroxyl groups is 1. The topological polar surface area (TPSA) is 50.1 Å². The Labute approximate surface area is 113 Å². The van der Waals surface area contributed by atoms with Crippen molar-refractivity contribution in [2.75, 3.05) is 6.54 Å². The van der Waals surface area contributed by atoms with Gasteiger partial charge in [-0.3, -0.25) is 4.68 Å². The molecule has 0 bridgehead atoms. The lowest BCUT2D eigenvalue weighted by atomic mass is 9.80. The van der Waals surface area contributed by atoms with Crippen molar-refractivity contribution in [1.29, 1.82) is 0 Å². The molecule has 2 rings (SSSR count). The molecular formula is C13H22ClN3O. The fraction of sp³-hybridized carbons (Fsp3) is 0.769. The van der Waals surface area contributed by atoms with E-state index >= 15 is 0 Å². The highest BCUT2D eigenvalue weighted by atomic mass is 35.5. The van der Waals surface area contributed by atoms with E-state index in [2.05, 4.69) is 24.3 Å². The van der Waals surface area contributed by atoms with Gasteiger partial charge in [-0.1, -0.05) is 25.4 Å². The highest BCUT2D eigenvalue weighted by molar-refractivity contribution is 6.30. The summed E-state index contributed by atoms with van der Waals surface area (Å²) in [5.74, 6) is 0.354. The van der Waals surface area contributed by atoms with Gasteiger partial charge in [0.1, 0.15) is 5.15 Å². The Kier molecular flexibility index (Phi) is 3.99. The van der Waals surface area contributed by atoms with E-state index in [-0.39, 0.29) is 0 Å². The molecule has 102 valence electrons. The minimum absolute atomic E-state index is 0.354. The van der Waals surface area contributed by atoms with Crippen molar-refractivity contribution in [1.82, 2.24) is 15.1 Å². The predicted molar refractivity (Wildman–Crippen MR) is 72.8 cm³/mol. The molecule has 1 aromatic rings. The summed E-state index contributed by atoms with van der Waals surface area (Å²) in [6.45, 7) is 5.53. The minimum Gasteiger partial charge on any atom is -0.389 e. The van der Waals surface area contributed by atoms with Gasteiger partial charge >= 0.3 is 0 Å². The molecule has 0 saturated heterocycles. The van der Waals surface area contributed by atoms with Crippen LogP contribution in [-0.4, -0.2) is 27.0 Å². The molecule has 5 heteroatoms. The monoisotopic (exact) mass is 271 g/mol. The molecule has 0 aromatic carbocycles. The molecule has 0 atom stereocenters. The van der Waals surface area contributed by atoms with Crippen molar-refractivity contribution < 1.29 is 5.11 Å². The summed E-state index contributed by atoms with van der Waals surface area (Å²) in [5, 5.41) is 18.5. The van der Waals surface area contributed by atoms with Crippen molar-refractivity contribution in [3.63, 3.8) is 0 Å². The van der Waals surface area contributed by atoms with Gasteiger partial charge in [0.25, 0.3) is 0 Å². The maximum Gasteiger partial charge on any atom is 0.131 e. The lowest BCUT2D eigenvalue weighted by molar-refractivity contribution is -0.0314. The number of nitrogens with zero attached hydrogens (tertiary/aromatic N) is 2. The van der Waals surface area contributed by atoms with Gasteiger partial charge in [0.05, 0.1) is 11.3 Å². The van der Waals surface area contributed by atoms with E-state index in [9.17, 15) is 5.11 Å². The molecule has 0 aliphatic heterocycles. The third-order valence-corrected chi connectivity index (χ3v) is 4.16. The second-order valence-corrected chi connectivity index (χ2v) is 5.97. The molecule has 0 amide bonds. The van der Waals surface area contributed by atoms with Gasteiger partial charge in [0.15, 0.2) is 0 Å². The van der Waals surface area contributed by atoms with E-state index in [1.54, 1.807) is 4.68 Å². The van der Waals surface area contributed by atoms with Crippen LogP contribution >= 0.6 is 11.6 Å². The van der Waals surface area contributed by atoms with Crippen LogP contribution < -0.4 is 5.32 Å². The predicted octanol–water partition coefficient (Wildman–Crippen LogP) is 2.20. The van der Waals surface area contributed by atoms with E-state index in [1.807, 2.05) is 7.05 Å². The highest BCUT2D eigenvalue weighted by Crippen LogP contribution is 2.31. The second kappa shape index (κ2) is 5.19. The SMILES string of the molecule is CC(C)c1nn(C)c(Cl)c1CNCC1(O)CCC1. The van der Waals surface area contributed by atoms with Crippen LogP contribution in [0, 0.1) is 0 Å². The second-order valence-electron chi connectivity index (χ2n) is 5.61. The van der Waals surface area contributed by atoms with Crippen LogP contribution in [0.2, 0.25) is 5.15 Å². The van der Waals surface area contributed by atoms with Crippen LogP contribution in [0.3, 0.4) is 0 Å². The van der Waals surface area contributed by atoms with Gasteiger partial charge < -0.3 is 10.4 Å². The van der Waals surface area contributed by atoms with E-state index in [0.29, 0.717) is 24.2 Å². The summed E-state index contributed by atoms with van der Waals surface area (Å²) in [5.41, 5.74) is 1.60. The fourth-order valence-corrected chi connectivity index (χ4v) is 2.58. The van der Waals surface area contributed by atoms with E-state index < -0.39 is 5.60 Å². The summed E-state index contributed by atoms with van der Waals surface area (Å²) in [7, 11) is 1.86. The van der Waals surface area contributed by atoms with Crippen LogP contribution in [0.15, 0.2) is 0 Å². The standard InChI is InChI=1S/C13H22ClN3O/c1-9(2)11-10(12(14)17(3)16-11)7-15-8-13(18)5-4-6-13/h9,15,18H,4-8H2,1-3H3. The molecule has 4 nitrogen and oxygen atoms in total. The Morgan fingerprint density at radius 1 is 1.50 bits per heavy atom. The number of rotatable bonds is 5. The maximum atomic E-state index is 10.0. The first-order valence-electron chi connectivity index (χ1n) is 6.57. The van der Waals surface area contributed by atoms with E-state index in [0.717, 1.165) is 30.5 Å². The molecule has 1 saturated carbocycles. The lowest BCUT2D eigenvalue weighted by Crippen LogP contribution is -2.46. The molecule has 2 N–H and O–H groups in total. The average molecular weight is 272 g/mol. The molecule has 1 aliphatic rings. The van der Waals surface area contributed by atoms with Gasteiger partial charge in [0, 0.05) is 25.7 Å². The lowest BCUT2D eigenvalue weighted by Gasteiger charge is -2.36. The van der Waals surface area contributed by atoms with E-state index in [1.165, 1.54) is 0 Å². The first-order valence-corrected chi connectivity index (χ1v) is 6.95. The molecule has 1 aromatic heterocycles.